The zero-order valence-electron chi connectivity index (χ0n) is 12.3. The van der Waals surface area contributed by atoms with Crippen LogP contribution in [0.15, 0.2) is 24.3 Å². The summed E-state index contributed by atoms with van der Waals surface area (Å²) in [5.74, 6) is -0.275. The summed E-state index contributed by atoms with van der Waals surface area (Å²) in [6.07, 6.45) is 2.18. The summed E-state index contributed by atoms with van der Waals surface area (Å²) >= 11 is 5.87. The zero-order chi connectivity index (χ0) is 15.5. The van der Waals surface area contributed by atoms with Gasteiger partial charge >= 0.3 is 0 Å². The Morgan fingerprint density at radius 1 is 1.23 bits per heavy atom. The number of benzene rings is 1. The molecular formula is C16H20ClN3O2. The first-order chi connectivity index (χ1) is 10.6. The van der Waals surface area contributed by atoms with Gasteiger partial charge in [0.15, 0.2) is 0 Å². The van der Waals surface area contributed by atoms with Crippen molar-refractivity contribution in [3.8, 4) is 0 Å². The van der Waals surface area contributed by atoms with Crippen LogP contribution in [0.25, 0.3) is 0 Å². The van der Waals surface area contributed by atoms with E-state index in [1.54, 1.807) is 17.0 Å². The lowest BCUT2D eigenvalue weighted by Gasteiger charge is -2.25. The van der Waals surface area contributed by atoms with E-state index in [1.807, 2.05) is 12.1 Å². The summed E-state index contributed by atoms with van der Waals surface area (Å²) in [5, 5.41) is 6.99. The summed E-state index contributed by atoms with van der Waals surface area (Å²) in [6, 6.07) is 7.37. The van der Waals surface area contributed by atoms with Crippen LogP contribution < -0.4 is 15.5 Å². The van der Waals surface area contributed by atoms with Crippen LogP contribution in [0.1, 0.15) is 19.3 Å². The van der Waals surface area contributed by atoms with Gasteiger partial charge in [-0.25, -0.2) is 0 Å². The molecule has 118 valence electrons. The lowest BCUT2D eigenvalue weighted by molar-refractivity contribution is -0.127. The Morgan fingerprint density at radius 2 is 1.91 bits per heavy atom. The molecule has 0 aromatic heterocycles. The molecule has 2 N–H and O–H groups in total. The van der Waals surface area contributed by atoms with Crippen molar-refractivity contribution in [3.05, 3.63) is 29.3 Å². The second-order valence-corrected chi connectivity index (χ2v) is 6.35. The molecule has 1 aromatic carbocycles. The first kappa shape index (κ1) is 15.3. The third kappa shape index (κ3) is 3.42. The predicted octanol–water partition coefficient (Wildman–Crippen LogP) is 1.56. The van der Waals surface area contributed by atoms with Gasteiger partial charge in [-0.05, 0) is 50.2 Å². The number of piperidine rings is 1. The maximum atomic E-state index is 12.4. The highest BCUT2D eigenvalue weighted by atomic mass is 35.5. The van der Waals surface area contributed by atoms with E-state index in [4.69, 9.17) is 11.6 Å². The minimum atomic E-state index is -0.266. The average Bonchev–Trinajstić information content (AvgIpc) is 2.91. The van der Waals surface area contributed by atoms with E-state index in [-0.39, 0.29) is 30.2 Å². The van der Waals surface area contributed by atoms with E-state index >= 15 is 0 Å². The van der Waals surface area contributed by atoms with Crippen LogP contribution in [0, 0.1) is 5.92 Å². The number of hydrogen-bond donors (Lipinski definition) is 2. The number of rotatable bonds is 3. The molecule has 0 bridgehead atoms. The summed E-state index contributed by atoms with van der Waals surface area (Å²) in [4.78, 5) is 26.2. The highest BCUT2D eigenvalue weighted by Gasteiger charge is 2.35. The molecule has 0 aliphatic carbocycles. The SMILES string of the molecule is O=C(NC1CCNCC1)C1CC(=O)N(c2ccc(Cl)cc2)C1. The second kappa shape index (κ2) is 6.67. The van der Waals surface area contributed by atoms with Crippen molar-refractivity contribution in [3.63, 3.8) is 0 Å². The quantitative estimate of drug-likeness (QED) is 0.888. The van der Waals surface area contributed by atoms with Crippen LogP contribution in [0.4, 0.5) is 5.69 Å². The zero-order valence-corrected chi connectivity index (χ0v) is 13.1. The number of hydrogen-bond acceptors (Lipinski definition) is 3. The summed E-state index contributed by atoms with van der Waals surface area (Å²) in [6.45, 7) is 2.31. The van der Waals surface area contributed by atoms with Crippen LogP contribution in [-0.2, 0) is 9.59 Å². The fraction of sp³-hybridized carbons (Fsp3) is 0.500. The Labute approximate surface area is 135 Å². The maximum Gasteiger partial charge on any atom is 0.227 e. The van der Waals surface area contributed by atoms with Crippen molar-refractivity contribution in [1.29, 1.82) is 0 Å². The van der Waals surface area contributed by atoms with E-state index in [0.29, 0.717) is 11.6 Å². The number of nitrogens with zero attached hydrogens (tertiary/aromatic N) is 1. The number of amides is 2. The number of carbonyl (C=O) groups is 2. The molecule has 0 spiro atoms. The van der Waals surface area contributed by atoms with Crippen molar-refractivity contribution in [2.45, 2.75) is 25.3 Å². The number of anilines is 1. The van der Waals surface area contributed by atoms with Crippen molar-refractivity contribution in [2.24, 2.45) is 5.92 Å². The summed E-state index contributed by atoms with van der Waals surface area (Å²) in [5.41, 5.74) is 0.798. The Balaban J connectivity index is 1.61. The molecule has 0 radical (unpaired) electrons. The number of nitrogens with one attached hydrogen (secondary N) is 2. The Kier molecular flexibility index (Phi) is 4.64. The van der Waals surface area contributed by atoms with Gasteiger partial charge in [-0.3, -0.25) is 9.59 Å². The van der Waals surface area contributed by atoms with E-state index in [2.05, 4.69) is 10.6 Å². The Bertz CT molecular complexity index is 555. The highest BCUT2D eigenvalue weighted by Crippen LogP contribution is 2.26. The minimum absolute atomic E-state index is 0.00304. The molecule has 1 atom stereocenters. The van der Waals surface area contributed by atoms with Gasteiger partial charge in [0.2, 0.25) is 11.8 Å². The van der Waals surface area contributed by atoms with Crippen molar-refractivity contribution < 1.29 is 9.59 Å². The van der Waals surface area contributed by atoms with E-state index in [0.717, 1.165) is 31.6 Å². The molecule has 1 aromatic rings. The Morgan fingerprint density at radius 3 is 2.59 bits per heavy atom. The van der Waals surface area contributed by atoms with Crippen molar-refractivity contribution >= 4 is 29.1 Å². The maximum absolute atomic E-state index is 12.4. The van der Waals surface area contributed by atoms with Crippen LogP contribution in [0.5, 0.6) is 0 Å². The third-order valence-corrected chi connectivity index (χ3v) is 4.57. The van der Waals surface area contributed by atoms with E-state index < -0.39 is 0 Å². The highest BCUT2D eigenvalue weighted by molar-refractivity contribution is 6.30. The Hall–Kier alpha value is -1.59. The predicted molar refractivity (Wildman–Crippen MR) is 85.9 cm³/mol. The molecule has 2 aliphatic rings. The smallest absolute Gasteiger partial charge is 0.227 e. The molecular weight excluding hydrogens is 302 g/mol. The number of halogens is 1. The van der Waals surface area contributed by atoms with Crippen LogP contribution in [0.3, 0.4) is 0 Å². The first-order valence-corrected chi connectivity index (χ1v) is 8.08. The first-order valence-electron chi connectivity index (χ1n) is 7.70. The standard InChI is InChI=1S/C16H20ClN3O2/c17-12-1-3-14(4-2-12)20-10-11(9-15(20)21)16(22)19-13-5-7-18-8-6-13/h1-4,11,13,18H,5-10H2,(H,19,22). The lowest BCUT2D eigenvalue weighted by Crippen LogP contribution is -2.45. The van der Waals surface area contributed by atoms with Gasteiger partial charge in [0.1, 0.15) is 0 Å². The van der Waals surface area contributed by atoms with Crippen LogP contribution >= 0.6 is 11.6 Å². The molecule has 1 unspecified atom stereocenters. The van der Waals surface area contributed by atoms with Gasteiger partial charge in [0.05, 0.1) is 5.92 Å². The second-order valence-electron chi connectivity index (χ2n) is 5.91. The summed E-state index contributed by atoms with van der Waals surface area (Å²) < 4.78 is 0. The van der Waals surface area contributed by atoms with Crippen LogP contribution in [0.2, 0.25) is 5.02 Å². The topological polar surface area (TPSA) is 61.4 Å². The van der Waals surface area contributed by atoms with Crippen molar-refractivity contribution in [2.75, 3.05) is 24.5 Å². The fourth-order valence-corrected chi connectivity index (χ4v) is 3.17. The lowest BCUT2D eigenvalue weighted by atomic mass is 10.0. The molecule has 3 rings (SSSR count). The molecule has 5 nitrogen and oxygen atoms in total. The molecule has 2 saturated heterocycles. The minimum Gasteiger partial charge on any atom is -0.353 e. The average molecular weight is 322 g/mol. The van der Waals surface area contributed by atoms with Gasteiger partial charge in [0, 0.05) is 29.7 Å². The number of carbonyl (C=O) groups excluding carboxylic acids is 2. The molecule has 2 heterocycles. The molecule has 6 heteroatoms. The molecule has 2 aliphatic heterocycles. The molecule has 22 heavy (non-hydrogen) atoms. The van der Waals surface area contributed by atoms with E-state index in [9.17, 15) is 9.59 Å². The van der Waals surface area contributed by atoms with Gasteiger partial charge in [-0.15, -0.1) is 0 Å². The van der Waals surface area contributed by atoms with Crippen molar-refractivity contribution in [1.82, 2.24) is 10.6 Å². The fourth-order valence-electron chi connectivity index (χ4n) is 3.04. The molecule has 0 saturated carbocycles. The van der Waals surface area contributed by atoms with Gasteiger partial charge in [0.25, 0.3) is 0 Å². The van der Waals surface area contributed by atoms with Gasteiger partial charge in [-0.1, -0.05) is 11.6 Å². The van der Waals surface area contributed by atoms with Crippen LogP contribution in [-0.4, -0.2) is 37.5 Å². The normalized spacial score (nSPS) is 22.9. The molecule has 2 amide bonds. The summed E-state index contributed by atoms with van der Waals surface area (Å²) in [7, 11) is 0. The largest absolute Gasteiger partial charge is 0.353 e. The monoisotopic (exact) mass is 321 g/mol. The third-order valence-electron chi connectivity index (χ3n) is 4.32. The van der Waals surface area contributed by atoms with Gasteiger partial charge in [-0.2, -0.15) is 0 Å². The molecule has 2 fully saturated rings. The van der Waals surface area contributed by atoms with Gasteiger partial charge < -0.3 is 15.5 Å². The van der Waals surface area contributed by atoms with E-state index in [1.165, 1.54) is 0 Å².